The van der Waals surface area contributed by atoms with Crippen molar-refractivity contribution in [2.75, 3.05) is 6.61 Å². The fraction of sp³-hybridized carbons (Fsp3) is 0.222. The second-order valence-corrected chi connectivity index (χ2v) is 6.34. The molecule has 2 amide bonds. The van der Waals surface area contributed by atoms with Crippen molar-refractivity contribution in [1.82, 2.24) is 10.9 Å². The number of carbonyl (C=O) groups is 2. The molecule has 0 heterocycles. The van der Waals surface area contributed by atoms with Crippen molar-refractivity contribution in [1.29, 1.82) is 0 Å². The van der Waals surface area contributed by atoms with E-state index in [-0.39, 0.29) is 29.5 Å². The van der Waals surface area contributed by atoms with Crippen LogP contribution < -0.4 is 15.6 Å². The molecule has 0 atom stereocenters. The molecule has 0 aliphatic rings. The normalized spacial score (nSPS) is 10.2. The molecule has 0 saturated heterocycles. The van der Waals surface area contributed by atoms with Crippen molar-refractivity contribution in [3.8, 4) is 5.75 Å². The molecule has 0 spiro atoms. The monoisotopic (exact) mass is 380 g/mol. The third-order valence-corrected chi connectivity index (χ3v) is 3.98. The van der Waals surface area contributed by atoms with E-state index in [1.807, 2.05) is 32.0 Å². The summed E-state index contributed by atoms with van der Waals surface area (Å²) < 4.78 is 5.60. The van der Waals surface area contributed by atoms with E-state index in [0.717, 1.165) is 16.9 Å². The van der Waals surface area contributed by atoms with E-state index in [1.165, 1.54) is 12.1 Å². The number of halogens is 2. The standard InChI is InChI=1S/C18H18Cl2N2O3/c1-11-3-4-12(2)16(9-11)25-8-7-17(23)21-22-18(24)14-10-13(19)5-6-15(14)20/h3-6,9-10H,7-8H2,1-2H3,(H,21,23)(H,22,24). The van der Waals surface area contributed by atoms with Crippen LogP contribution in [0.3, 0.4) is 0 Å². The van der Waals surface area contributed by atoms with Crippen LogP contribution in [0.1, 0.15) is 27.9 Å². The molecule has 2 aromatic rings. The van der Waals surface area contributed by atoms with Crippen LogP contribution in [0, 0.1) is 13.8 Å². The lowest BCUT2D eigenvalue weighted by Crippen LogP contribution is -2.42. The SMILES string of the molecule is Cc1ccc(C)c(OCCC(=O)NNC(=O)c2cc(Cl)ccc2Cl)c1. The van der Waals surface area contributed by atoms with Gasteiger partial charge in [-0.3, -0.25) is 20.4 Å². The first-order valence-electron chi connectivity index (χ1n) is 7.61. The predicted molar refractivity (Wildman–Crippen MR) is 98.1 cm³/mol. The number of carbonyl (C=O) groups excluding carboxylic acids is 2. The molecule has 0 aromatic heterocycles. The van der Waals surface area contributed by atoms with Gasteiger partial charge in [0.05, 0.1) is 23.6 Å². The molecule has 0 aliphatic carbocycles. The molecule has 25 heavy (non-hydrogen) atoms. The minimum atomic E-state index is -0.545. The Morgan fingerprint density at radius 3 is 2.56 bits per heavy atom. The van der Waals surface area contributed by atoms with E-state index >= 15 is 0 Å². The molecule has 0 unspecified atom stereocenters. The highest BCUT2D eigenvalue weighted by molar-refractivity contribution is 6.35. The minimum absolute atomic E-state index is 0.0942. The van der Waals surface area contributed by atoms with Crippen molar-refractivity contribution in [2.24, 2.45) is 0 Å². The molecule has 0 aliphatic heterocycles. The summed E-state index contributed by atoms with van der Waals surface area (Å²) in [5, 5.41) is 0.622. The zero-order valence-electron chi connectivity index (χ0n) is 13.9. The summed E-state index contributed by atoms with van der Waals surface area (Å²) >= 11 is 11.8. The molecule has 2 rings (SSSR count). The molecule has 0 radical (unpaired) electrons. The van der Waals surface area contributed by atoms with Gasteiger partial charge in [0, 0.05) is 5.02 Å². The number of hydrazine groups is 1. The number of amides is 2. The number of nitrogens with one attached hydrogen (secondary N) is 2. The summed E-state index contributed by atoms with van der Waals surface area (Å²) in [4.78, 5) is 23.8. The van der Waals surface area contributed by atoms with E-state index in [1.54, 1.807) is 6.07 Å². The van der Waals surface area contributed by atoms with Crippen molar-refractivity contribution < 1.29 is 14.3 Å². The summed E-state index contributed by atoms with van der Waals surface area (Å²) in [6.07, 6.45) is 0.0942. The lowest BCUT2D eigenvalue weighted by molar-refractivity contribution is -0.122. The molecule has 0 fully saturated rings. The van der Waals surface area contributed by atoms with Gasteiger partial charge < -0.3 is 4.74 Å². The fourth-order valence-corrected chi connectivity index (χ4v) is 2.42. The molecule has 2 aromatic carbocycles. The van der Waals surface area contributed by atoms with Crippen LogP contribution in [0.15, 0.2) is 36.4 Å². The molecule has 0 bridgehead atoms. The van der Waals surface area contributed by atoms with Gasteiger partial charge in [-0.2, -0.15) is 0 Å². The zero-order valence-corrected chi connectivity index (χ0v) is 15.4. The van der Waals surface area contributed by atoms with Crippen LogP contribution in [-0.4, -0.2) is 18.4 Å². The Morgan fingerprint density at radius 1 is 1.04 bits per heavy atom. The highest BCUT2D eigenvalue weighted by Gasteiger charge is 2.12. The number of hydrogen-bond acceptors (Lipinski definition) is 3. The summed E-state index contributed by atoms with van der Waals surface area (Å²) in [7, 11) is 0. The summed E-state index contributed by atoms with van der Waals surface area (Å²) in [6, 6.07) is 10.4. The Morgan fingerprint density at radius 2 is 1.80 bits per heavy atom. The van der Waals surface area contributed by atoms with Gasteiger partial charge in [0.15, 0.2) is 0 Å². The van der Waals surface area contributed by atoms with E-state index in [2.05, 4.69) is 10.9 Å². The van der Waals surface area contributed by atoms with Gasteiger partial charge in [0.1, 0.15) is 5.75 Å². The van der Waals surface area contributed by atoms with Crippen LogP contribution in [-0.2, 0) is 4.79 Å². The summed E-state index contributed by atoms with van der Waals surface area (Å²) in [5.74, 6) is -0.185. The molecule has 2 N–H and O–H groups in total. The fourth-order valence-electron chi connectivity index (χ4n) is 2.04. The van der Waals surface area contributed by atoms with Crippen LogP contribution >= 0.6 is 23.2 Å². The molecule has 132 valence electrons. The molecule has 5 nitrogen and oxygen atoms in total. The maximum atomic E-state index is 12.0. The van der Waals surface area contributed by atoms with Gasteiger partial charge in [0.2, 0.25) is 5.91 Å². The van der Waals surface area contributed by atoms with Crippen molar-refractivity contribution in [3.63, 3.8) is 0 Å². The Bertz CT molecular complexity index is 794. The van der Waals surface area contributed by atoms with Gasteiger partial charge in [-0.05, 0) is 49.2 Å². The first-order chi connectivity index (χ1) is 11.9. The van der Waals surface area contributed by atoms with Crippen LogP contribution in [0.25, 0.3) is 0 Å². The number of rotatable bonds is 5. The number of ether oxygens (including phenoxy) is 1. The average Bonchev–Trinajstić information content (AvgIpc) is 2.58. The summed E-state index contributed by atoms with van der Waals surface area (Å²) in [5.41, 5.74) is 6.87. The molecule has 0 saturated carbocycles. The number of benzene rings is 2. The Hall–Kier alpha value is -2.24. The maximum absolute atomic E-state index is 12.0. The zero-order chi connectivity index (χ0) is 18.4. The minimum Gasteiger partial charge on any atom is -0.493 e. The van der Waals surface area contributed by atoms with E-state index in [4.69, 9.17) is 27.9 Å². The second kappa shape index (κ2) is 8.74. The maximum Gasteiger partial charge on any atom is 0.271 e. The van der Waals surface area contributed by atoms with E-state index in [9.17, 15) is 9.59 Å². The van der Waals surface area contributed by atoms with Crippen molar-refractivity contribution >= 4 is 35.0 Å². The molecular formula is C18H18Cl2N2O3. The quantitative estimate of drug-likeness (QED) is 0.774. The van der Waals surface area contributed by atoms with E-state index in [0.29, 0.717) is 5.02 Å². The number of aryl methyl sites for hydroxylation is 2. The number of hydrogen-bond donors (Lipinski definition) is 2. The molecule has 7 heteroatoms. The first-order valence-corrected chi connectivity index (χ1v) is 8.36. The van der Waals surface area contributed by atoms with E-state index < -0.39 is 5.91 Å². The largest absolute Gasteiger partial charge is 0.493 e. The third-order valence-electron chi connectivity index (χ3n) is 3.42. The highest BCUT2D eigenvalue weighted by atomic mass is 35.5. The van der Waals surface area contributed by atoms with Gasteiger partial charge >= 0.3 is 0 Å². The van der Waals surface area contributed by atoms with Crippen LogP contribution in [0.2, 0.25) is 10.0 Å². The Labute approximate surface area is 156 Å². The average molecular weight is 381 g/mol. The Kier molecular flexibility index (Phi) is 6.67. The van der Waals surface area contributed by atoms with Gasteiger partial charge in [-0.15, -0.1) is 0 Å². The first kappa shape index (κ1) is 19.1. The molecular weight excluding hydrogens is 363 g/mol. The lowest BCUT2D eigenvalue weighted by atomic mass is 10.1. The van der Waals surface area contributed by atoms with Gasteiger partial charge in [-0.25, -0.2) is 0 Å². The lowest BCUT2D eigenvalue weighted by Gasteiger charge is -2.11. The predicted octanol–water partition coefficient (Wildman–Crippen LogP) is 3.84. The van der Waals surface area contributed by atoms with Crippen LogP contribution in [0.5, 0.6) is 5.75 Å². The van der Waals surface area contributed by atoms with Crippen LogP contribution in [0.4, 0.5) is 0 Å². The highest BCUT2D eigenvalue weighted by Crippen LogP contribution is 2.20. The second-order valence-electron chi connectivity index (χ2n) is 5.49. The van der Waals surface area contributed by atoms with Crippen molar-refractivity contribution in [2.45, 2.75) is 20.3 Å². The van der Waals surface area contributed by atoms with Gasteiger partial charge in [0.25, 0.3) is 5.91 Å². The van der Waals surface area contributed by atoms with Gasteiger partial charge in [-0.1, -0.05) is 35.3 Å². The smallest absolute Gasteiger partial charge is 0.271 e. The van der Waals surface area contributed by atoms with Crippen molar-refractivity contribution in [3.05, 3.63) is 63.1 Å². The third kappa shape index (κ3) is 5.66. The summed E-state index contributed by atoms with van der Waals surface area (Å²) in [6.45, 7) is 4.10. The topological polar surface area (TPSA) is 67.4 Å². The Balaban J connectivity index is 1.80.